The van der Waals surface area contributed by atoms with Gasteiger partial charge in [0.15, 0.2) is 0 Å². The number of anilines is 1. The van der Waals surface area contributed by atoms with Crippen LogP contribution < -0.4 is 32.3 Å². The Morgan fingerprint density at radius 1 is 0.881 bits per heavy atom. The maximum absolute atomic E-state index is 12.8. The lowest BCUT2D eigenvalue weighted by molar-refractivity contribution is -0.137. The van der Waals surface area contributed by atoms with Crippen molar-refractivity contribution in [2.45, 2.75) is 45.9 Å². The molecule has 15 heteroatoms. The van der Waals surface area contributed by atoms with Gasteiger partial charge in [-0.1, -0.05) is 26.0 Å². The Hall–Kier alpha value is -4.79. The Morgan fingerprint density at radius 2 is 1.52 bits per heavy atom. The van der Waals surface area contributed by atoms with Crippen molar-refractivity contribution in [2.24, 2.45) is 11.7 Å². The summed E-state index contributed by atoms with van der Waals surface area (Å²) in [5.74, 6) is -3.31. The largest absolute Gasteiger partial charge is 0.445 e. The van der Waals surface area contributed by atoms with Gasteiger partial charge >= 0.3 is 6.09 Å². The smallest absolute Gasteiger partial charge is 0.407 e. The first-order chi connectivity index (χ1) is 19.9. The predicted molar refractivity (Wildman–Crippen MR) is 150 cm³/mol. The highest BCUT2D eigenvalue weighted by molar-refractivity contribution is 6.13. The van der Waals surface area contributed by atoms with Gasteiger partial charge in [0.1, 0.15) is 18.7 Å². The van der Waals surface area contributed by atoms with Gasteiger partial charge in [-0.25, -0.2) is 4.79 Å². The van der Waals surface area contributed by atoms with E-state index in [4.69, 9.17) is 10.5 Å². The molecule has 0 spiro atoms. The summed E-state index contributed by atoms with van der Waals surface area (Å²) in [6.45, 7) is 5.09. The number of nitrogens with one attached hydrogen (secondary N) is 5. The minimum atomic E-state index is -0.951. The molecule has 1 aliphatic rings. The molecule has 0 saturated heterocycles. The summed E-state index contributed by atoms with van der Waals surface area (Å²) < 4.78 is 5.05. The van der Waals surface area contributed by atoms with Gasteiger partial charge in [0.2, 0.25) is 23.6 Å². The molecule has 0 aromatic heterocycles. The van der Waals surface area contributed by atoms with Gasteiger partial charge in [-0.3, -0.25) is 33.7 Å². The second-order valence-corrected chi connectivity index (χ2v) is 9.69. The molecule has 1 aromatic carbocycles. The van der Waals surface area contributed by atoms with Crippen molar-refractivity contribution >= 4 is 47.2 Å². The van der Waals surface area contributed by atoms with Crippen molar-refractivity contribution in [2.75, 3.05) is 31.5 Å². The third kappa shape index (κ3) is 11.0. The maximum Gasteiger partial charge on any atom is 0.407 e. The van der Waals surface area contributed by atoms with Crippen LogP contribution in [0.4, 0.5) is 10.5 Å². The van der Waals surface area contributed by atoms with Crippen molar-refractivity contribution < 1.29 is 38.3 Å². The summed E-state index contributed by atoms with van der Waals surface area (Å²) in [5.41, 5.74) is 6.34. The van der Waals surface area contributed by atoms with E-state index in [0.29, 0.717) is 17.8 Å². The predicted octanol–water partition coefficient (Wildman–Crippen LogP) is -1.11. The molecule has 0 radical (unpaired) electrons. The topological polar surface area (TPSA) is 218 Å². The van der Waals surface area contributed by atoms with Crippen molar-refractivity contribution in [3.05, 3.63) is 42.0 Å². The van der Waals surface area contributed by atoms with E-state index in [-0.39, 0.29) is 38.6 Å². The minimum Gasteiger partial charge on any atom is -0.445 e. The quantitative estimate of drug-likeness (QED) is 0.137. The lowest BCUT2D eigenvalue weighted by Crippen LogP contribution is -2.54. The summed E-state index contributed by atoms with van der Waals surface area (Å²) in [6, 6.07) is 4.54. The summed E-state index contributed by atoms with van der Waals surface area (Å²) in [5, 5.41) is 12.7. The molecule has 0 fully saturated rings. The Bertz CT molecular complexity index is 1180. The molecule has 1 aliphatic heterocycles. The Kier molecular flexibility index (Phi) is 13.1. The highest BCUT2D eigenvalue weighted by Crippen LogP contribution is 2.12. The van der Waals surface area contributed by atoms with Crippen LogP contribution in [-0.4, -0.2) is 84.7 Å². The number of benzene rings is 1. The zero-order chi connectivity index (χ0) is 31.2. The standard InChI is InChI=1S/C27H37N7O8/c1-16(2)24(33-20(35)10-13-34-22(37)8-9-23(34)38)26(40)31-17(3)25(39)32-19-6-4-18(5-7-19)15-42-27(41)30-14-21(36)29-12-11-28/h4-9,16-17,24H,10-15,28H2,1-3H3,(H,29,36)(H,30,41)(H,31,40)(H,32,39)(H,33,35)/t17-,24-/m0/s1. The fraction of sp³-hybridized carbons (Fsp3) is 0.444. The molecule has 2 atom stereocenters. The van der Waals surface area contributed by atoms with E-state index in [1.165, 1.54) is 6.92 Å². The van der Waals surface area contributed by atoms with Crippen molar-refractivity contribution in [1.82, 2.24) is 26.2 Å². The third-order valence-corrected chi connectivity index (χ3v) is 5.93. The number of nitrogens with two attached hydrogens (primary N) is 1. The fourth-order valence-corrected chi connectivity index (χ4v) is 3.58. The van der Waals surface area contributed by atoms with E-state index in [1.54, 1.807) is 38.1 Å². The lowest BCUT2D eigenvalue weighted by atomic mass is 10.0. The number of ether oxygens (including phenoxy) is 1. The first-order valence-electron chi connectivity index (χ1n) is 13.3. The molecule has 2 rings (SSSR count). The first-order valence-corrected chi connectivity index (χ1v) is 13.3. The molecule has 7 N–H and O–H groups in total. The van der Waals surface area contributed by atoms with Gasteiger partial charge in [0.05, 0.1) is 6.54 Å². The van der Waals surface area contributed by atoms with Gasteiger partial charge in [0.25, 0.3) is 11.8 Å². The van der Waals surface area contributed by atoms with Gasteiger partial charge in [-0.15, -0.1) is 0 Å². The zero-order valence-corrected chi connectivity index (χ0v) is 23.7. The summed E-state index contributed by atoms with van der Waals surface area (Å²) in [6.07, 6.45) is 1.30. The molecule has 1 heterocycles. The van der Waals surface area contributed by atoms with Gasteiger partial charge < -0.3 is 37.1 Å². The van der Waals surface area contributed by atoms with Gasteiger partial charge in [-0.2, -0.15) is 0 Å². The lowest BCUT2D eigenvalue weighted by Gasteiger charge is -2.24. The van der Waals surface area contributed by atoms with Crippen LogP contribution in [-0.2, 0) is 40.1 Å². The average molecular weight is 588 g/mol. The fourth-order valence-electron chi connectivity index (χ4n) is 3.58. The number of hydrogen-bond acceptors (Lipinski definition) is 9. The first kappa shape index (κ1) is 33.4. The van der Waals surface area contributed by atoms with Crippen LogP contribution >= 0.6 is 0 Å². The third-order valence-electron chi connectivity index (χ3n) is 5.93. The SMILES string of the molecule is CC(C)[C@H](NC(=O)CCN1C(=O)C=CC1=O)C(=O)N[C@@H](C)C(=O)Nc1ccc(COC(=O)NCC(=O)NCCN)cc1. The second kappa shape index (κ2) is 16.5. The van der Waals surface area contributed by atoms with E-state index < -0.39 is 53.6 Å². The van der Waals surface area contributed by atoms with E-state index in [9.17, 15) is 33.6 Å². The number of imide groups is 1. The summed E-state index contributed by atoms with van der Waals surface area (Å²) in [4.78, 5) is 85.3. The van der Waals surface area contributed by atoms with Crippen LogP contribution in [0.3, 0.4) is 0 Å². The highest BCUT2D eigenvalue weighted by atomic mass is 16.5. The van der Waals surface area contributed by atoms with Crippen molar-refractivity contribution in [3.8, 4) is 0 Å². The molecule has 0 bridgehead atoms. The Balaban J connectivity index is 1.78. The van der Waals surface area contributed by atoms with Gasteiger partial charge in [0, 0.05) is 43.9 Å². The minimum absolute atomic E-state index is 0.0687. The number of carbonyl (C=O) groups excluding carboxylic acids is 7. The normalized spacial score (nSPS) is 13.8. The number of alkyl carbamates (subject to hydrolysis) is 1. The molecule has 1 aromatic rings. The second-order valence-electron chi connectivity index (χ2n) is 9.69. The van der Waals surface area contributed by atoms with Crippen LogP contribution in [0.25, 0.3) is 0 Å². The summed E-state index contributed by atoms with van der Waals surface area (Å²) >= 11 is 0. The highest BCUT2D eigenvalue weighted by Gasteiger charge is 2.28. The molecular weight excluding hydrogens is 550 g/mol. The molecule has 42 heavy (non-hydrogen) atoms. The van der Waals surface area contributed by atoms with Crippen LogP contribution in [0, 0.1) is 5.92 Å². The zero-order valence-electron chi connectivity index (χ0n) is 23.7. The molecule has 228 valence electrons. The van der Waals surface area contributed by atoms with Crippen LogP contribution in [0.15, 0.2) is 36.4 Å². The van der Waals surface area contributed by atoms with E-state index >= 15 is 0 Å². The Labute approximate surface area is 242 Å². The Morgan fingerprint density at radius 3 is 2.12 bits per heavy atom. The number of rotatable bonds is 15. The van der Waals surface area contributed by atoms with Crippen LogP contribution in [0.1, 0.15) is 32.8 Å². The summed E-state index contributed by atoms with van der Waals surface area (Å²) in [7, 11) is 0. The molecule has 0 saturated carbocycles. The van der Waals surface area contributed by atoms with E-state index in [1.807, 2.05) is 0 Å². The molecular formula is C27H37N7O8. The average Bonchev–Trinajstić information content (AvgIpc) is 3.28. The van der Waals surface area contributed by atoms with Crippen molar-refractivity contribution in [1.29, 1.82) is 0 Å². The monoisotopic (exact) mass is 587 g/mol. The van der Waals surface area contributed by atoms with Crippen LogP contribution in [0.5, 0.6) is 0 Å². The molecule has 7 amide bonds. The van der Waals surface area contributed by atoms with E-state index in [2.05, 4.69) is 26.6 Å². The molecule has 15 nitrogen and oxygen atoms in total. The molecule has 0 unspecified atom stereocenters. The van der Waals surface area contributed by atoms with Crippen molar-refractivity contribution in [3.63, 3.8) is 0 Å². The van der Waals surface area contributed by atoms with Gasteiger partial charge in [-0.05, 0) is 30.5 Å². The maximum atomic E-state index is 12.8. The van der Waals surface area contributed by atoms with E-state index in [0.717, 1.165) is 17.1 Å². The number of carbonyl (C=O) groups is 7. The molecule has 0 aliphatic carbocycles. The number of amides is 7. The van der Waals surface area contributed by atoms with Crippen LogP contribution in [0.2, 0.25) is 0 Å². The number of nitrogens with zero attached hydrogens (tertiary/aromatic N) is 1. The number of hydrogen-bond donors (Lipinski definition) is 6.